The summed E-state index contributed by atoms with van der Waals surface area (Å²) in [6.45, 7) is 8.88. The number of benzene rings is 1. The minimum atomic E-state index is -0.528. The Kier molecular flexibility index (Phi) is 8.36. The summed E-state index contributed by atoms with van der Waals surface area (Å²) in [5, 5.41) is 11.1. The topological polar surface area (TPSA) is 88.7 Å². The number of nitrogens with zero attached hydrogens (tertiary/aromatic N) is 4. The van der Waals surface area contributed by atoms with Crippen molar-refractivity contribution in [2.45, 2.75) is 46.7 Å². The van der Waals surface area contributed by atoms with Gasteiger partial charge < -0.3 is 14.4 Å². The highest BCUT2D eigenvalue weighted by Gasteiger charge is 2.27. The van der Waals surface area contributed by atoms with Gasteiger partial charge in [-0.1, -0.05) is 26.8 Å². The van der Waals surface area contributed by atoms with E-state index in [1.807, 2.05) is 57.6 Å². The fourth-order valence-electron chi connectivity index (χ4n) is 3.36. The van der Waals surface area contributed by atoms with E-state index in [-0.39, 0.29) is 41.6 Å². The Bertz CT molecular complexity index is 922. The van der Waals surface area contributed by atoms with Crippen molar-refractivity contribution in [1.29, 1.82) is 0 Å². The standard InChI is InChI=1S/C23H32N4O4/c1-6-18(4)26(23(29)19-9-7-10-20(13-19)27(30)31)16-22(28)25(14-17(2)3)15-21-11-8-12-24(21)5/h7-13,17-18H,6,14-16H2,1-5H3/t18-/m1/s1. The molecule has 0 saturated heterocycles. The lowest BCUT2D eigenvalue weighted by Crippen LogP contribution is -2.47. The Balaban J connectivity index is 2.27. The van der Waals surface area contributed by atoms with Crippen molar-refractivity contribution in [2.24, 2.45) is 13.0 Å². The van der Waals surface area contributed by atoms with Crippen LogP contribution in [0.4, 0.5) is 5.69 Å². The number of amides is 2. The van der Waals surface area contributed by atoms with Crippen LogP contribution in [0.1, 0.15) is 50.2 Å². The van der Waals surface area contributed by atoms with E-state index in [1.165, 1.54) is 23.1 Å². The van der Waals surface area contributed by atoms with Crippen molar-refractivity contribution in [2.75, 3.05) is 13.1 Å². The molecule has 1 aromatic heterocycles. The maximum atomic E-state index is 13.3. The summed E-state index contributed by atoms with van der Waals surface area (Å²) >= 11 is 0. The average Bonchev–Trinajstić information content (AvgIpc) is 3.14. The van der Waals surface area contributed by atoms with Gasteiger partial charge in [0.25, 0.3) is 11.6 Å². The van der Waals surface area contributed by atoms with E-state index in [9.17, 15) is 19.7 Å². The lowest BCUT2D eigenvalue weighted by Gasteiger charge is -2.32. The molecule has 1 atom stereocenters. The molecule has 0 N–H and O–H groups in total. The molecule has 0 saturated carbocycles. The molecular weight excluding hydrogens is 396 g/mol. The van der Waals surface area contributed by atoms with Crippen molar-refractivity contribution < 1.29 is 14.5 Å². The molecule has 8 heteroatoms. The Hall–Kier alpha value is -3.16. The molecular formula is C23H32N4O4. The first kappa shape index (κ1) is 24.1. The second-order valence-corrected chi connectivity index (χ2v) is 8.28. The number of nitro groups is 1. The molecule has 0 aliphatic heterocycles. The van der Waals surface area contributed by atoms with E-state index in [2.05, 4.69) is 0 Å². The predicted octanol–water partition coefficient (Wildman–Crippen LogP) is 3.86. The summed E-state index contributed by atoms with van der Waals surface area (Å²) in [7, 11) is 1.94. The number of hydrogen-bond acceptors (Lipinski definition) is 4. The molecule has 168 valence electrons. The van der Waals surface area contributed by atoms with Crippen LogP contribution >= 0.6 is 0 Å². The minimum absolute atomic E-state index is 0.0757. The van der Waals surface area contributed by atoms with Gasteiger partial charge in [0.15, 0.2) is 0 Å². The smallest absolute Gasteiger partial charge is 0.270 e. The van der Waals surface area contributed by atoms with Crippen LogP contribution in [0.5, 0.6) is 0 Å². The molecule has 31 heavy (non-hydrogen) atoms. The van der Waals surface area contributed by atoms with Gasteiger partial charge in [0.2, 0.25) is 5.91 Å². The van der Waals surface area contributed by atoms with Gasteiger partial charge in [-0.15, -0.1) is 0 Å². The van der Waals surface area contributed by atoms with Crippen LogP contribution in [0.25, 0.3) is 0 Å². The van der Waals surface area contributed by atoms with Gasteiger partial charge in [-0.25, -0.2) is 0 Å². The first-order chi connectivity index (χ1) is 14.6. The normalized spacial score (nSPS) is 11.9. The van der Waals surface area contributed by atoms with Gasteiger partial charge in [-0.2, -0.15) is 0 Å². The Labute approximate surface area is 183 Å². The fourth-order valence-corrected chi connectivity index (χ4v) is 3.36. The van der Waals surface area contributed by atoms with Crippen LogP contribution in [0.15, 0.2) is 42.6 Å². The molecule has 0 unspecified atom stereocenters. The Morgan fingerprint density at radius 3 is 2.42 bits per heavy atom. The van der Waals surface area contributed by atoms with E-state index in [1.54, 1.807) is 11.0 Å². The second-order valence-electron chi connectivity index (χ2n) is 8.28. The van der Waals surface area contributed by atoms with E-state index in [0.29, 0.717) is 19.5 Å². The van der Waals surface area contributed by atoms with Crippen LogP contribution in [0.3, 0.4) is 0 Å². The second kappa shape index (κ2) is 10.7. The number of non-ortho nitro benzene ring substituents is 1. The highest BCUT2D eigenvalue weighted by molar-refractivity contribution is 5.97. The number of carbonyl (C=O) groups is 2. The summed E-state index contributed by atoms with van der Waals surface area (Å²) in [5.41, 5.74) is 1.07. The van der Waals surface area contributed by atoms with Crippen LogP contribution in [-0.4, -0.2) is 50.2 Å². The van der Waals surface area contributed by atoms with Crippen molar-refractivity contribution in [3.05, 3.63) is 64.0 Å². The molecule has 1 aromatic carbocycles. The van der Waals surface area contributed by atoms with E-state index >= 15 is 0 Å². The van der Waals surface area contributed by atoms with Crippen LogP contribution in [-0.2, 0) is 18.4 Å². The highest BCUT2D eigenvalue weighted by Crippen LogP contribution is 2.18. The Morgan fingerprint density at radius 1 is 1.16 bits per heavy atom. The average molecular weight is 429 g/mol. The highest BCUT2D eigenvalue weighted by atomic mass is 16.6. The van der Waals surface area contributed by atoms with Crippen LogP contribution in [0.2, 0.25) is 0 Å². The fraction of sp³-hybridized carbons (Fsp3) is 0.478. The third-order valence-corrected chi connectivity index (χ3v) is 5.34. The summed E-state index contributed by atoms with van der Waals surface area (Å²) < 4.78 is 1.97. The molecule has 2 rings (SSSR count). The monoisotopic (exact) mass is 428 g/mol. The van der Waals surface area contributed by atoms with E-state index in [0.717, 1.165) is 5.69 Å². The molecule has 2 aromatic rings. The quantitative estimate of drug-likeness (QED) is 0.425. The number of aryl methyl sites for hydroxylation is 1. The van der Waals surface area contributed by atoms with E-state index in [4.69, 9.17) is 0 Å². The molecule has 0 bridgehead atoms. The van der Waals surface area contributed by atoms with Gasteiger partial charge in [0.05, 0.1) is 11.5 Å². The third-order valence-electron chi connectivity index (χ3n) is 5.34. The minimum Gasteiger partial charge on any atom is -0.353 e. The number of rotatable bonds is 10. The van der Waals surface area contributed by atoms with Crippen molar-refractivity contribution >= 4 is 17.5 Å². The first-order valence-corrected chi connectivity index (χ1v) is 10.6. The number of nitro benzene ring substituents is 1. The molecule has 0 aliphatic carbocycles. The zero-order valence-electron chi connectivity index (χ0n) is 18.9. The summed E-state index contributed by atoms with van der Waals surface area (Å²) in [4.78, 5) is 40.3. The van der Waals surface area contributed by atoms with Gasteiger partial charge >= 0.3 is 0 Å². The van der Waals surface area contributed by atoms with Crippen molar-refractivity contribution in [3.8, 4) is 0 Å². The summed E-state index contributed by atoms with van der Waals surface area (Å²) in [6, 6.07) is 9.36. The van der Waals surface area contributed by atoms with Crippen LogP contribution < -0.4 is 0 Å². The number of hydrogen-bond donors (Lipinski definition) is 0. The molecule has 1 heterocycles. The predicted molar refractivity (Wildman–Crippen MR) is 120 cm³/mol. The lowest BCUT2D eigenvalue weighted by atomic mass is 10.1. The summed E-state index contributed by atoms with van der Waals surface area (Å²) in [6.07, 6.45) is 2.60. The largest absolute Gasteiger partial charge is 0.353 e. The first-order valence-electron chi connectivity index (χ1n) is 10.6. The van der Waals surface area contributed by atoms with Gasteiger partial charge in [-0.05, 0) is 37.5 Å². The Morgan fingerprint density at radius 2 is 1.87 bits per heavy atom. The van der Waals surface area contributed by atoms with Gasteiger partial charge in [0, 0.05) is 49.2 Å². The molecule has 2 amide bonds. The van der Waals surface area contributed by atoms with Crippen LogP contribution in [0, 0.1) is 16.0 Å². The maximum Gasteiger partial charge on any atom is 0.270 e. The van der Waals surface area contributed by atoms with E-state index < -0.39 is 4.92 Å². The third kappa shape index (κ3) is 6.41. The molecule has 8 nitrogen and oxygen atoms in total. The van der Waals surface area contributed by atoms with Gasteiger partial charge in [0.1, 0.15) is 6.54 Å². The molecule has 0 fully saturated rings. The van der Waals surface area contributed by atoms with Crippen molar-refractivity contribution in [3.63, 3.8) is 0 Å². The number of aromatic nitrogens is 1. The van der Waals surface area contributed by atoms with Crippen molar-refractivity contribution in [1.82, 2.24) is 14.4 Å². The molecule has 0 radical (unpaired) electrons. The van der Waals surface area contributed by atoms with Gasteiger partial charge in [-0.3, -0.25) is 19.7 Å². The number of carbonyl (C=O) groups excluding carboxylic acids is 2. The lowest BCUT2D eigenvalue weighted by molar-refractivity contribution is -0.384. The molecule has 0 aliphatic rings. The SMILES string of the molecule is CC[C@@H](C)N(CC(=O)N(Cc1cccn1C)CC(C)C)C(=O)c1cccc([N+](=O)[O-])c1. The maximum absolute atomic E-state index is 13.3. The zero-order valence-corrected chi connectivity index (χ0v) is 18.9. The zero-order chi connectivity index (χ0) is 23.1. The molecule has 0 spiro atoms. The summed E-state index contributed by atoms with van der Waals surface area (Å²) in [5.74, 6) is -0.252.